The third-order valence-electron chi connectivity index (χ3n) is 5.12. The van der Waals surface area contributed by atoms with Crippen molar-refractivity contribution in [3.63, 3.8) is 0 Å². The zero-order valence-electron chi connectivity index (χ0n) is 15.5. The summed E-state index contributed by atoms with van der Waals surface area (Å²) >= 11 is 0. The van der Waals surface area contributed by atoms with Gasteiger partial charge < -0.3 is 10.3 Å². The summed E-state index contributed by atoms with van der Waals surface area (Å²) in [7, 11) is 0. The van der Waals surface area contributed by atoms with Gasteiger partial charge in [0.05, 0.1) is 0 Å². The Kier molecular flexibility index (Phi) is 4.15. The van der Waals surface area contributed by atoms with Gasteiger partial charge in [0, 0.05) is 23.3 Å². The van der Waals surface area contributed by atoms with E-state index in [2.05, 4.69) is 60.5 Å². The van der Waals surface area contributed by atoms with Crippen LogP contribution < -0.4 is 5.32 Å². The van der Waals surface area contributed by atoms with Crippen LogP contribution in [0.3, 0.4) is 0 Å². The lowest BCUT2D eigenvalue weighted by Crippen LogP contribution is -2.25. The molecule has 1 aromatic heterocycles. The Labute approximate surface area is 154 Å². The predicted molar refractivity (Wildman–Crippen MR) is 108 cm³/mol. The molecular weight excluding hydrogens is 320 g/mol. The molecule has 26 heavy (non-hydrogen) atoms. The average Bonchev–Trinajstić information content (AvgIpc) is 3.30. The van der Waals surface area contributed by atoms with Gasteiger partial charge in [-0.25, -0.2) is 0 Å². The van der Waals surface area contributed by atoms with E-state index in [1.54, 1.807) is 0 Å². The van der Waals surface area contributed by atoms with E-state index in [9.17, 15) is 4.79 Å². The second kappa shape index (κ2) is 6.49. The zero-order valence-corrected chi connectivity index (χ0v) is 15.5. The van der Waals surface area contributed by atoms with Crippen LogP contribution in [0, 0.1) is 13.8 Å². The minimum absolute atomic E-state index is 0.0471. The van der Waals surface area contributed by atoms with E-state index in [1.165, 1.54) is 27.6 Å². The molecule has 1 fully saturated rings. The highest BCUT2D eigenvalue weighted by molar-refractivity contribution is 5.98. The molecule has 1 aliphatic rings. The number of rotatable bonds is 4. The molecule has 4 rings (SSSR count). The molecule has 2 aromatic carbocycles. The Balaban J connectivity index is 1.66. The minimum Gasteiger partial charge on any atom is -0.361 e. The molecular formula is C23H24N2O. The van der Waals surface area contributed by atoms with Crippen LogP contribution in [0.5, 0.6) is 0 Å². The molecule has 3 aromatic rings. The first-order valence-corrected chi connectivity index (χ1v) is 9.19. The molecule has 0 unspecified atom stereocenters. The van der Waals surface area contributed by atoms with Crippen molar-refractivity contribution in [2.24, 2.45) is 0 Å². The number of hydrogen-bond donors (Lipinski definition) is 2. The summed E-state index contributed by atoms with van der Waals surface area (Å²) in [6, 6.07) is 13.4. The number of aromatic amines is 1. The number of hydrogen-bond acceptors (Lipinski definition) is 1. The van der Waals surface area contributed by atoms with Crippen molar-refractivity contribution >= 4 is 22.9 Å². The van der Waals surface area contributed by atoms with Gasteiger partial charge in [0.15, 0.2) is 0 Å². The van der Waals surface area contributed by atoms with Gasteiger partial charge in [-0.3, -0.25) is 4.79 Å². The van der Waals surface area contributed by atoms with Gasteiger partial charge in [-0.1, -0.05) is 24.3 Å². The molecule has 1 heterocycles. The Morgan fingerprint density at radius 1 is 1.12 bits per heavy atom. The maximum atomic E-state index is 12.2. The third kappa shape index (κ3) is 3.30. The van der Waals surface area contributed by atoms with E-state index in [0.29, 0.717) is 6.04 Å². The van der Waals surface area contributed by atoms with Gasteiger partial charge in [0.2, 0.25) is 5.91 Å². The van der Waals surface area contributed by atoms with Gasteiger partial charge in [0.25, 0.3) is 0 Å². The molecule has 0 saturated heterocycles. The maximum absolute atomic E-state index is 12.2. The maximum Gasteiger partial charge on any atom is 0.247 e. The van der Waals surface area contributed by atoms with Crippen molar-refractivity contribution in [2.45, 2.75) is 39.7 Å². The molecule has 0 atom stereocenters. The lowest BCUT2D eigenvalue weighted by molar-refractivity contribution is -0.117. The highest BCUT2D eigenvalue weighted by Gasteiger charge is 2.23. The lowest BCUT2D eigenvalue weighted by atomic mass is 9.94. The Hall–Kier alpha value is -2.81. The number of H-pyrrole nitrogens is 1. The third-order valence-corrected chi connectivity index (χ3v) is 5.12. The van der Waals surface area contributed by atoms with Crippen LogP contribution in [0.15, 0.2) is 48.2 Å². The van der Waals surface area contributed by atoms with Gasteiger partial charge in [0.1, 0.15) is 0 Å². The molecule has 0 aliphatic heterocycles. The molecule has 0 bridgehead atoms. The smallest absolute Gasteiger partial charge is 0.247 e. The summed E-state index contributed by atoms with van der Waals surface area (Å²) in [6.45, 7) is 6.12. The summed E-state index contributed by atoms with van der Waals surface area (Å²) in [5.74, 6) is 0.0471. The van der Waals surface area contributed by atoms with E-state index in [-0.39, 0.29) is 5.91 Å². The molecule has 1 amide bonds. The van der Waals surface area contributed by atoms with Gasteiger partial charge in [-0.15, -0.1) is 0 Å². The fourth-order valence-corrected chi connectivity index (χ4v) is 3.35. The summed E-state index contributed by atoms with van der Waals surface area (Å²) in [6.07, 6.45) is 6.18. The molecule has 2 N–H and O–H groups in total. The van der Waals surface area contributed by atoms with Crippen LogP contribution in [0.2, 0.25) is 0 Å². The van der Waals surface area contributed by atoms with Gasteiger partial charge in [-0.05, 0) is 85.0 Å². The number of fused-ring (bicyclic) bond motifs is 1. The van der Waals surface area contributed by atoms with E-state index in [1.807, 2.05) is 19.2 Å². The fraction of sp³-hybridized carbons (Fsp3) is 0.261. The van der Waals surface area contributed by atoms with Crippen LogP contribution in [0.25, 0.3) is 28.1 Å². The predicted octanol–water partition coefficient (Wildman–Crippen LogP) is 5.13. The van der Waals surface area contributed by atoms with Crippen LogP contribution in [-0.4, -0.2) is 16.9 Å². The molecule has 0 spiro atoms. The summed E-state index contributed by atoms with van der Waals surface area (Å²) < 4.78 is 0. The lowest BCUT2D eigenvalue weighted by Gasteiger charge is -2.12. The van der Waals surface area contributed by atoms with Crippen molar-refractivity contribution in [2.75, 3.05) is 0 Å². The monoisotopic (exact) mass is 344 g/mol. The molecule has 3 nitrogen and oxygen atoms in total. The number of carbonyl (C=O) groups excluding carboxylic acids is 1. The van der Waals surface area contributed by atoms with E-state index >= 15 is 0 Å². The van der Waals surface area contributed by atoms with Crippen molar-refractivity contribution < 1.29 is 4.79 Å². The highest BCUT2D eigenvalue weighted by Crippen LogP contribution is 2.30. The normalized spacial score (nSPS) is 14.7. The number of carbonyl (C=O) groups is 1. The molecule has 132 valence electrons. The average molecular weight is 344 g/mol. The first-order valence-electron chi connectivity index (χ1n) is 9.19. The number of nitrogens with one attached hydrogen (secondary N) is 2. The number of benzene rings is 2. The molecule has 3 heteroatoms. The van der Waals surface area contributed by atoms with E-state index in [0.717, 1.165) is 29.5 Å². The van der Waals surface area contributed by atoms with Crippen LogP contribution in [0.1, 0.15) is 36.5 Å². The fourth-order valence-electron chi connectivity index (χ4n) is 3.35. The van der Waals surface area contributed by atoms with Crippen molar-refractivity contribution in [3.05, 3.63) is 64.9 Å². The topological polar surface area (TPSA) is 44.9 Å². The second-order valence-corrected chi connectivity index (χ2v) is 7.38. The Morgan fingerprint density at radius 3 is 2.69 bits per heavy atom. The minimum atomic E-state index is 0.0471. The standard InChI is InChI=1S/C23H24N2O/c1-14-12-21(18-5-4-17-8-9-24-22(17)13-18)15(2)10-19(14)11-16(3)23(26)25-20-6-7-20/h4-5,8-13,20,24H,6-7H2,1-3H3,(H,25,26). The SMILES string of the molecule is CC(=Cc1cc(C)c(-c2ccc3cc[nH]c3c2)cc1C)C(=O)NC1CC1. The van der Waals surface area contributed by atoms with Crippen molar-refractivity contribution in [3.8, 4) is 11.1 Å². The zero-order chi connectivity index (χ0) is 18.3. The molecule has 0 radical (unpaired) electrons. The largest absolute Gasteiger partial charge is 0.361 e. The van der Waals surface area contributed by atoms with Crippen LogP contribution in [-0.2, 0) is 4.79 Å². The summed E-state index contributed by atoms with van der Waals surface area (Å²) in [4.78, 5) is 15.5. The van der Waals surface area contributed by atoms with Crippen molar-refractivity contribution in [1.29, 1.82) is 0 Å². The van der Waals surface area contributed by atoms with Crippen LogP contribution >= 0.6 is 0 Å². The number of aromatic nitrogens is 1. The quantitative estimate of drug-likeness (QED) is 0.633. The number of aryl methyl sites for hydroxylation is 2. The Morgan fingerprint density at radius 2 is 1.92 bits per heavy atom. The molecule has 1 aliphatic carbocycles. The first-order chi connectivity index (χ1) is 12.5. The van der Waals surface area contributed by atoms with Crippen molar-refractivity contribution in [1.82, 2.24) is 10.3 Å². The first kappa shape index (κ1) is 16.6. The van der Waals surface area contributed by atoms with Gasteiger partial charge >= 0.3 is 0 Å². The Bertz CT molecular complexity index is 1020. The van der Waals surface area contributed by atoms with Gasteiger partial charge in [-0.2, -0.15) is 0 Å². The highest BCUT2D eigenvalue weighted by atomic mass is 16.1. The summed E-state index contributed by atoms with van der Waals surface area (Å²) in [5, 5.41) is 4.27. The van der Waals surface area contributed by atoms with E-state index < -0.39 is 0 Å². The number of amides is 1. The van der Waals surface area contributed by atoms with Crippen LogP contribution in [0.4, 0.5) is 0 Å². The van der Waals surface area contributed by atoms with E-state index in [4.69, 9.17) is 0 Å². The molecule has 1 saturated carbocycles. The summed E-state index contributed by atoms with van der Waals surface area (Å²) in [5.41, 5.74) is 7.85. The second-order valence-electron chi connectivity index (χ2n) is 7.38.